The molecule has 0 fully saturated rings. The average molecular weight is 298 g/mol. The number of halogens is 1. The standard InChI is InChI=1S/C12H16BrN3O/c13-10-11(15-8-16-12(10)17)14-7-6-9-4-2-1-3-5-9/h4,8H,1-3,5-7H2,(H2,14,15,16,17). The first-order chi connectivity index (χ1) is 8.27. The van der Waals surface area contributed by atoms with E-state index in [1.54, 1.807) is 0 Å². The monoisotopic (exact) mass is 297 g/mol. The van der Waals surface area contributed by atoms with Crippen LogP contribution in [0.1, 0.15) is 32.1 Å². The number of nitrogens with zero attached hydrogens (tertiary/aromatic N) is 1. The summed E-state index contributed by atoms with van der Waals surface area (Å²) in [6.07, 6.45) is 9.83. The van der Waals surface area contributed by atoms with Crippen molar-refractivity contribution in [1.29, 1.82) is 0 Å². The molecule has 1 aliphatic carbocycles. The van der Waals surface area contributed by atoms with Crippen LogP contribution in [0, 0.1) is 0 Å². The normalized spacial score (nSPS) is 15.5. The van der Waals surface area contributed by atoms with Crippen LogP contribution in [0.25, 0.3) is 0 Å². The molecule has 92 valence electrons. The topological polar surface area (TPSA) is 57.8 Å². The summed E-state index contributed by atoms with van der Waals surface area (Å²) in [6.45, 7) is 0.820. The second kappa shape index (κ2) is 6.00. The minimum absolute atomic E-state index is 0.153. The quantitative estimate of drug-likeness (QED) is 0.840. The molecule has 1 heterocycles. The van der Waals surface area contributed by atoms with Crippen LogP contribution in [0.3, 0.4) is 0 Å². The van der Waals surface area contributed by atoms with Gasteiger partial charge in [-0.05, 0) is 48.0 Å². The maximum absolute atomic E-state index is 11.3. The first-order valence-electron chi connectivity index (χ1n) is 5.92. The predicted molar refractivity (Wildman–Crippen MR) is 72.2 cm³/mol. The van der Waals surface area contributed by atoms with Crippen LogP contribution in [-0.2, 0) is 0 Å². The van der Waals surface area contributed by atoms with Gasteiger partial charge in [-0.1, -0.05) is 11.6 Å². The van der Waals surface area contributed by atoms with E-state index in [4.69, 9.17) is 0 Å². The van der Waals surface area contributed by atoms with Gasteiger partial charge in [-0.2, -0.15) is 0 Å². The number of anilines is 1. The Morgan fingerprint density at radius 2 is 2.35 bits per heavy atom. The molecule has 1 aliphatic rings. The number of hydrogen-bond donors (Lipinski definition) is 2. The van der Waals surface area contributed by atoms with Crippen molar-refractivity contribution in [2.24, 2.45) is 0 Å². The lowest BCUT2D eigenvalue weighted by molar-refractivity contribution is 0.679. The molecule has 0 saturated carbocycles. The smallest absolute Gasteiger partial charge is 0.267 e. The number of nitrogens with one attached hydrogen (secondary N) is 2. The second-order valence-corrected chi connectivity index (χ2v) is 4.97. The molecule has 5 heteroatoms. The summed E-state index contributed by atoms with van der Waals surface area (Å²) < 4.78 is 0.470. The van der Waals surface area contributed by atoms with E-state index in [9.17, 15) is 4.79 Å². The molecular formula is C12H16BrN3O. The largest absolute Gasteiger partial charge is 0.369 e. The van der Waals surface area contributed by atoms with Gasteiger partial charge in [0.2, 0.25) is 0 Å². The molecule has 2 rings (SSSR count). The number of H-pyrrole nitrogens is 1. The molecule has 0 bridgehead atoms. The lowest BCUT2D eigenvalue weighted by Crippen LogP contribution is -2.13. The number of allylic oxidation sites excluding steroid dienone is 1. The van der Waals surface area contributed by atoms with Crippen LogP contribution in [0.4, 0.5) is 5.82 Å². The Bertz CT molecular complexity index is 467. The summed E-state index contributed by atoms with van der Waals surface area (Å²) >= 11 is 3.22. The van der Waals surface area contributed by atoms with Gasteiger partial charge in [-0.25, -0.2) is 4.98 Å². The molecule has 0 saturated heterocycles. The van der Waals surface area contributed by atoms with Crippen molar-refractivity contribution in [3.8, 4) is 0 Å². The van der Waals surface area contributed by atoms with Crippen LogP contribution in [-0.4, -0.2) is 16.5 Å². The second-order valence-electron chi connectivity index (χ2n) is 4.18. The summed E-state index contributed by atoms with van der Waals surface area (Å²) in [4.78, 5) is 17.9. The zero-order valence-electron chi connectivity index (χ0n) is 9.63. The molecule has 0 unspecified atom stereocenters. The first kappa shape index (κ1) is 12.4. The highest BCUT2D eigenvalue weighted by Gasteiger charge is 2.06. The highest BCUT2D eigenvalue weighted by Crippen LogP contribution is 2.20. The number of aromatic amines is 1. The van der Waals surface area contributed by atoms with Gasteiger partial charge in [-0.3, -0.25) is 4.79 Å². The molecule has 0 aromatic carbocycles. The molecular weight excluding hydrogens is 282 g/mol. The zero-order chi connectivity index (χ0) is 12.1. The van der Waals surface area contributed by atoms with E-state index in [0.29, 0.717) is 10.3 Å². The molecule has 1 aromatic rings. The third-order valence-electron chi connectivity index (χ3n) is 2.92. The van der Waals surface area contributed by atoms with Crippen molar-refractivity contribution >= 4 is 21.7 Å². The summed E-state index contributed by atoms with van der Waals surface area (Å²) in [5.41, 5.74) is 1.36. The Hall–Kier alpha value is -1.10. The molecule has 4 nitrogen and oxygen atoms in total. The predicted octanol–water partition coefficient (Wildman–Crippen LogP) is 2.83. The summed E-state index contributed by atoms with van der Waals surface area (Å²) in [5.74, 6) is 0.616. The molecule has 1 aromatic heterocycles. The Balaban J connectivity index is 1.87. The van der Waals surface area contributed by atoms with Crippen molar-refractivity contribution in [3.05, 3.63) is 32.8 Å². The van der Waals surface area contributed by atoms with E-state index in [-0.39, 0.29) is 5.56 Å². The molecule has 0 aliphatic heterocycles. The van der Waals surface area contributed by atoms with E-state index < -0.39 is 0 Å². The van der Waals surface area contributed by atoms with E-state index in [2.05, 4.69) is 37.3 Å². The van der Waals surface area contributed by atoms with Gasteiger partial charge in [0.1, 0.15) is 10.3 Å². The SMILES string of the molecule is O=c1[nH]cnc(NCCC2=CCCCC2)c1Br. The van der Waals surface area contributed by atoms with E-state index in [0.717, 1.165) is 13.0 Å². The number of hydrogen-bond acceptors (Lipinski definition) is 3. The van der Waals surface area contributed by atoms with Crippen molar-refractivity contribution in [2.45, 2.75) is 32.1 Å². The Labute approximate surface area is 109 Å². The van der Waals surface area contributed by atoms with Crippen LogP contribution < -0.4 is 10.9 Å². The highest BCUT2D eigenvalue weighted by atomic mass is 79.9. The lowest BCUT2D eigenvalue weighted by atomic mass is 9.97. The molecule has 0 atom stereocenters. The third-order valence-corrected chi connectivity index (χ3v) is 3.66. The van der Waals surface area contributed by atoms with Crippen molar-refractivity contribution in [3.63, 3.8) is 0 Å². The van der Waals surface area contributed by atoms with Gasteiger partial charge in [0.25, 0.3) is 5.56 Å². The van der Waals surface area contributed by atoms with Crippen LogP contribution in [0.15, 0.2) is 27.2 Å². The summed E-state index contributed by atoms with van der Waals surface area (Å²) in [5, 5.41) is 3.18. The first-order valence-corrected chi connectivity index (χ1v) is 6.71. The van der Waals surface area contributed by atoms with Crippen LogP contribution in [0.2, 0.25) is 0 Å². The van der Waals surface area contributed by atoms with Crippen LogP contribution >= 0.6 is 15.9 Å². The fourth-order valence-corrected chi connectivity index (χ4v) is 2.34. The fourth-order valence-electron chi connectivity index (χ4n) is 1.98. The Morgan fingerprint density at radius 3 is 3.12 bits per heavy atom. The Morgan fingerprint density at radius 1 is 1.47 bits per heavy atom. The van der Waals surface area contributed by atoms with Gasteiger partial charge in [-0.15, -0.1) is 0 Å². The molecule has 17 heavy (non-hydrogen) atoms. The van der Waals surface area contributed by atoms with Crippen molar-refractivity contribution in [1.82, 2.24) is 9.97 Å². The Kier molecular flexibility index (Phi) is 4.36. The van der Waals surface area contributed by atoms with Crippen molar-refractivity contribution < 1.29 is 0 Å². The summed E-state index contributed by atoms with van der Waals surface area (Å²) in [6, 6.07) is 0. The third kappa shape index (κ3) is 3.43. The zero-order valence-corrected chi connectivity index (χ0v) is 11.2. The molecule has 0 radical (unpaired) electrons. The van der Waals surface area contributed by atoms with Gasteiger partial charge in [0.05, 0.1) is 6.33 Å². The fraction of sp³-hybridized carbons (Fsp3) is 0.500. The van der Waals surface area contributed by atoms with Gasteiger partial charge in [0, 0.05) is 6.54 Å². The van der Waals surface area contributed by atoms with E-state index in [1.807, 2.05) is 0 Å². The van der Waals surface area contributed by atoms with Gasteiger partial charge in [0.15, 0.2) is 0 Å². The molecule has 2 N–H and O–H groups in total. The van der Waals surface area contributed by atoms with Crippen molar-refractivity contribution in [2.75, 3.05) is 11.9 Å². The van der Waals surface area contributed by atoms with E-state index >= 15 is 0 Å². The molecule has 0 amide bonds. The maximum atomic E-state index is 11.3. The molecule has 0 spiro atoms. The van der Waals surface area contributed by atoms with Crippen LogP contribution in [0.5, 0.6) is 0 Å². The van der Waals surface area contributed by atoms with E-state index in [1.165, 1.54) is 37.6 Å². The maximum Gasteiger partial charge on any atom is 0.267 e. The lowest BCUT2D eigenvalue weighted by Gasteiger charge is -2.13. The summed E-state index contributed by atoms with van der Waals surface area (Å²) in [7, 11) is 0. The minimum Gasteiger partial charge on any atom is -0.369 e. The average Bonchev–Trinajstić information content (AvgIpc) is 2.36. The highest BCUT2D eigenvalue weighted by molar-refractivity contribution is 9.10. The van der Waals surface area contributed by atoms with Gasteiger partial charge >= 0.3 is 0 Å². The minimum atomic E-state index is -0.153. The number of rotatable bonds is 4. The number of aromatic nitrogens is 2. The van der Waals surface area contributed by atoms with Gasteiger partial charge < -0.3 is 10.3 Å².